The summed E-state index contributed by atoms with van der Waals surface area (Å²) in [5.74, 6) is -0.159. The molecule has 1 saturated carbocycles. The molecule has 1 aliphatic rings. The smallest absolute Gasteiger partial charge is 0.318 e. The van der Waals surface area contributed by atoms with Crippen molar-refractivity contribution in [3.63, 3.8) is 0 Å². The maximum absolute atomic E-state index is 11.7. The Morgan fingerprint density at radius 2 is 1.76 bits per heavy atom. The number of aliphatic carboxylic acids is 1. The van der Waals surface area contributed by atoms with Crippen LogP contribution < -0.4 is 5.32 Å². The lowest BCUT2D eigenvalue weighted by Crippen LogP contribution is -2.44. The van der Waals surface area contributed by atoms with Crippen molar-refractivity contribution in [3.8, 4) is 0 Å². The molecule has 0 saturated heterocycles. The van der Waals surface area contributed by atoms with Crippen molar-refractivity contribution in [2.45, 2.75) is 46.5 Å². The quantitative estimate of drug-likeness (QED) is 0.740. The van der Waals surface area contributed by atoms with Crippen LogP contribution in [0.3, 0.4) is 0 Å². The standard InChI is InChI=1S/C13H23NO3/c1-9-4-6-10(7-5-9)8-14-11(15)13(2,3)12(16)17/h9-10H,4-8H2,1-3H3,(H,14,15)(H,16,17). The molecule has 0 aromatic carbocycles. The van der Waals surface area contributed by atoms with Crippen LogP contribution in [0.4, 0.5) is 0 Å². The molecule has 0 spiro atoms. The van der Waals surface area contributed by atoms with E-state index >= 15 is 0 Å². The van der Waals surface area contributed by atoms with Crippen molar-refractivity contribution in [3.05, 3.63) is 0 Å². The maximum atomic E-state index is 11.7. The topological polar surface area (TPSA) is 66.4 Å². The normalized spacial score (nSPS) is 25.4. The maximum Gasteiger partial charge on any atom is 0.318 e. The number of rotatable bonds is 4. The van der Waals surface area contributed by atoms with Gasteiger partial charge in [0.1, 0.15) is 5.41 Å². The minimum atomic E-state index is -1.33. The Kier molecular flexibility index (Phi) is 4.54. The zero-order valence-corrected chi connectivity index (χ0v) is 11.0. The molecule has 0 bridgehead atoms. The van der Waals surface area contributed by atoms with Gasteiger partial charge in [0.2, 0.25) is 5.91 Å². The number of carbonyl (C=O) groups excluding carboxylic acids is 1. The molecule has 0 aliphatic heterocycles. The molecule has 2 N–H and O–H groups in total. The van der Waals surface area contributed by atoms with Crippen molar-refractivity contribution >= 4 is 11.9 Å². The van der Waals surface area contributed by atoms with E-state index in [4.69, 9.17) is 5.11 Å². The Bertz CT molecular complexity index is 291. The largest absolute Gasteiger partial charge is 0.480 e. The summed E-state index contributed by atoms with van der Waals surface area (Å²) in [6, 6.07) is 0. The fourth-order valence-electron chi connectivity index (χ4n) is 2.09. The molecular formula is C13H23NO3. The molecule has 4 heteroatoms. The minimum Gasteiger partial charge on any atom is -0.480 e. The predicted molar refractivity (Wildman–Crippen MR) is 65.5 cm³/mol. The number of hydrogen-bond acceptors (Lipinski definition) is 2. The lowest BCUT2D eigenvalue weighted by molar-refractivity contribution is -0.153. The second-order valence-electron chi connectivity index (χ2n) is 5.77. The Morgan fingerprint density at radius 3 is 2.24 bits per heavy atom. The zero-order chi connectivity index (χ0) is 13.1. The Morgan fingerprint density at radius 1 is 1.24 bits per heavy atom. The lowest BCUT2D eigenvalue weighted by Gasteiger charge is -2.27. The molecule has 17 heavy (non-hydrogen) atoms. The first-order valence-corrected chi connectivity index (χ1v) is 6.35. The van der Waals surface area contributed by atoms with Crippen molar-refractivity contribution < 1.29 is 14.7 Å². The van der Waals surface area contributed by atoms with Gasteiger partial charge in [-0.25, -0.2) is 0 Å². The van der Waals surface area contributed by atoms with Crippen LogP contribution in [0.5, 0.6) is 0 Å². The van der Waals surface area contributed by atoms with Crippen molar-refractivity contribution in [1.29, 1.82) is 0 Å². The average Bonchev–Trinajstić information content (AvgIpc) is 2.27. The monoisotopic (exact) mass is 241 g/mol. The van der Waals surface area contributed by atoms with E-state index in [1.165, 1.54) is 26.7 Å². The third kappa shape index (κ3) is 3.72. The molecule has 0 radical (unpaired) electrons. The molecule has 1 amide bonds. The molecule has 1 rings (SSSR count). The van der Waals surface area contributed by atoms with Crippen LogP contribution >= 0.6 is 0 Å². The molecule has 0 aromatic rings. The summed E-state index contributed by atoms with van der Waals surface area (Å²) >= 11 is 0. The van der Waals surface area contributed by atoms with E-state index in [9.17, 15) is 9.59 Å². The van der Waals surface area contributed by atoms with Crippen molar-refractivity contribution in [1.82, 2.24) is 5.32 Å². The van der Waals surface area contributed by atoms with Crippen LogP contribution in [0, 0.1) is 17.3 Å². The summed E-state index contributed by atoms with van der Waals surface area (Å²) in [5, 5.41) is 11.7. The van der Waals surface area contributed by atoms with Gasteiger partial charge in [-0.05, 0) is 38.5 Å². The lowest BCUT2D eigenvalue weighted by atomic mass is 9.83. The van der Waals surface area contributed by atoms with Crippen LogP contribution in [-0.2, 0) is 9.59 Å². The number of nitrogens with one attached hydrogen (secondary N) is 1. The summed E-state index contributed by atoms with van der Waals surface area (Å²) < 4.78 is 0. The fourth-order valence-corrected chi connectivity index (χ4v) is 2.09. The van der Waals surface area contributed by atoms with Gasteiger partial charge in [0, 0.05) is 6.54 Å². The first-order valence-electron chi connectivity index (χ1n) is 6.35. The molecule has 0 unspecified atom stereocenters. The van der Waals surface area contributed by atoms with E-state index in [2.05, 4.69) is 12.2 Å². The van der Waals surface area contributed by atoms with Gasteiger partial charge >= 0.3 is 5.97 Å². The molecular weight excluding hydrogens is 218 g/mol. The van der Waals surface area contributed by atoms with Gasteiger partial charge in [-0.1, -0.05) is 19.8 Å². The first-order chi connectivity index (χ1) is 7.84. The number of carbonyl (C=O) groups is 2. The second-order valence-corrected chi connectivity index (χ2v) is 5.77. The summed E-state index contributed by atoms with van der Waals surface area (Å²) in [6.45, 7) is 5.74. The summed E-state index contributed by atoms with van der Waals surface area (Å²) in [5.41, 5.74) is -1.33. The van der Waals surface area contributed by atoms with Crippen LogP contribution in [0.15, 0.2) is 0 Å². The number of carboxylic acid groups (broad SMARTS) is 1. The van der Waals surface area contributed by atoms with Crippen molar-refractivity contribution in [2.24, 2.45) is 17.3 Å². The summed E-state index contributed by atoms with van der Waals surface area (Å²) in [7, 11) is 0. The van der Waals surface area contributed by atoms with E-state index in [1.54, 1.807) is 0 Å². The molecule has 0 aromatic heterocycles. The Hall–Kier alpha value is -1.06. The van der Waals surface area contributed by atoms with Gasteiger partial charge in [-0.15, -0.1) is 0 Å². The van der Waals surface area contributed by atoms with Gasteiger partial charge in [0.05, 0.1) is 0 Å². The summed E-state index contributed by atoms with van der Waals surface area (Å²) in [4.78, 5) is 22.6. The van der Waals surface area contributed by atoms with Gasteiger partial charge in [0.25, 0.3) is 0 Å². The molecule has 0 heterocycles. The predicted octanol–water partition coefficient (Wildman–Crippen LogP) is 2.04. The molecule has 98 valence electrons. The van der Waals surface area contributed by atoms with E-state index in [-0.39, 0.29) is 5.91 Å². The van der Waals surface area contributed by atoms with Gasteiger partial charge in [-0.2, -0.15) is 0 Å². The zero-order valence-electron chi connectivity index (χ0n) is 11.0. The van der Waals surface area contributed by atoms with E-state index in [1.807, 2.05) is 0 Å². The molecule has 4 nitrogen and oxygen atoms in total. The number of amides is 1. The first kappa shape index (κ1) is 14.0. The van der Waals surface area contributed by atoms with Gasteiger partial charge in [0.15, 0.2) is 0 Å². The highest BCUT2D eigenvalue weighted by molar-refractivity contribution is 6.00. The van der Waals surface area contributed by atoms with E-state index < -0.39 is 11.4 Å². The second kappa shape index (κ2) is 5.52. The van der Waals surface area contributed by atoms with Crippen molar-refractivity contribution in [2.75, 3.05) is 6.54 Å². The molecule has 1 aliphatic carbocycles. The molecule has 1 fully saturated rings. The van der Waals surface area contributed by atoms with Crippen LogP contribution in [-0.4, -0.2) is 23.5 Å². The van der Waals surface area contributed by atoms with Gasteiger partial charge < -0.3 is 10.4 Å². The Labute approximate surface area is 103 Å². The SMILES string of the molecule is CC1CCC(CNC(=O)C(C)(C)C(=O)O)CC1. The van der Waals surface area contributed by atoms with Crippen LogP contribution in [0.2, 0.25) is 0 Å². The highest BCUT2D eigenvalue weighted by Gasteiger charge is 2.36. The fraction of sp³-hybridized carbons (Fsp3) is 0.846. The number of carboxylic acids is 1. The van der Waals surface area contributed by atoms with E-state index in [0.717, 1.165) is 18.8 Å². The number of hydrogen-bond donors (Lipinski definition) is 2. The Balaban J connectivity index is 2.36. The highest BCUT2D eigenvalue weighted by atomic mass is 16.4. The van der Waals surface area contributed by atoms with Gasteiger partial charge in [-0.3, -0.25) is 9.59 Å². The highest BCUT2D eigenvalue weighted by Crippen LogP contribution is 2.27. The third-order valence-electron chi connectivity index (χ3n) is 3.79. The van der Waals surface area contributed by atoms with E-state index in [0.29, 0.717) is 12.5 Å². The summed E-state index contributed by atoms with van der Waals surface area (Å²) in [6.07, 6.45) is 4.69. The third-order valence-corrected chi connectivity index (χ3v) is 3.79. The van der Waals surface area contributed by atoms with Crippen LogP contribution in [0.25, 0.3) is 0 Å². The van der Waals surface area contributed by atoms with Crippen LogP contribution in [0.1, 0.15) is 46.5 Å². The average molecular weight is 241 g/mol. The minimum absolute atomic E-state index is 0.386. The molecule has 0 atom stereocenters.